The van der Waals surface area contributed by atoms with Gasteiger partial charge in [0.25, 0.3) is 0 Å². The molecule has 2 aromatic rings. The van der Waals surface area contributed by atoms with Gasteiger partial charge in [-0.3, -0.25) is 0 Å². The third-order valence-corrected chi connectivity index (χ3v) is 5.53. The minimum Gasteiger partial charge on any atom is -0.383 e. The second kappa shape index (κ2) is 9.49. The number of urea groups is 1. The standard InChI is InChI=1S/C22H28N2O5S/c1-16-6-9-19(13-17(16)2)23-22(25)24(15-21-5-4-12-28-21)14-18-7-10-20(11-8-18)29-30(3,26)27/h6-11,13,21H,4-5,12,14-15H2,1-3H3,(H,23,25)/t21-/m1/s1. The maximum absolute atomic E-state index is 13.0. The van der Waals surface area contributed by atoms with Gasteiger partial charge in [-0.25, -0.2) is 4.79 Å². The van der Waals surface area contributed by atoms with Crippen LogP contribution in [0.1, 0.15) is 29.5 Å². The molecule has 162 valence electrons. The van der Waals surface area contributed by atoms with Gasteiger partial charge >= 0.3 is 16.1 Å². The van der Waals surface area contributed by atoms with Gasteiger partial charge in [-0.2, -0.15) is 8.42 Å². The highest BCUT2D eigenvalue weighted by Crippen LogP contribution is 2.20. The number of carbonyl (C=O) groups excluding carboxylic acids is 1. The summed E-state index contributed by atoms with van der Waals surface area (Å²) in [5, 5.41) is 2.97. The van der Waals surface area contributed by atoms with Gasteiger partial charge in [-0.1, -0.05) is 18.2 Å². The molecule has 1 aliphatic heterocycles. The molecular formula is C22H28N2O5S. The van der Waals surface area contributed by atoms with Crippen molar-refractivity contribution in [1.29, 1.82) is 0 Å². The van der Waals surface area contributed by atoms with E-state index in [1.807, 2.05) is 32.0 Å². The van der Waals surface area contributed by atoms with Gasteiger partial charge in [-0.15, -0.1) is 0 Å². The smallest absolute Gasteiger partial charge is 0.322 e. The van der Waals surface area contributed by atoms with Crippen molar-refractivity contribution in [1.82, 2.24) is 4.90 Å². The van der Waals surface area contributed by atoms with Crippen LogP contribution in [0.2, 0.25) is 0 Å². The summed E-state index contributed by atoms with van der Waals surface area (Å²) < 4.78 is 33.1. The molecule has 2 aromatic carbocycles. The molecule has 2 amide bonds. The van der Waals surface area contributed by atoms with Crippen LogP contribution in [-0.4, -0.2) is 44.9 Å². The molecule has 1 heterocycles. The summed E-state index contributed by atoms with van der Waals surface area (Å²) >= 11 is 0. The number of benzene rings is 2. The predicted octanol–water partition coefficient (Wildman–Crippen LogP) is 3.85. The summed E-state index contributed by atoms with van der Waals surface area (Å²) in [6.45, 7) is 5.61. The highest BCUT2D eigenvalue weighted by molar-refractivity contribution is 7.86. The van der Waals surface area contributed by atoms with Gasteiger partial charge in [0.15, 0.2) is 0 Å². The van der Waals surface area contributed by atoms with Crippen LogP contribution < -0.4 is 9.50 Å². The Morgan fingerprint density at radius 3 is 2.50 bits per heavy atom. The van der Waals surface area contributed by atoms with Crippen molar-refractivity contribution in [3.8, 4) is 5.75 Å². The van der Waals surface area contributed by atoms with E-state index in [0.717, 1.165) is 42.5 Å². The van der Waals surface area contributed by atoms with E-state index in [1.165, 1.54) is 5.56 Å². The normalized spacial score (nSPS) is 16.3. The van der Waals surface area contributed by atoms with E-state index in [1.54, 1.807) is 29.2 Å². The van der Waals surface area contributed by atoms with Crippen LogP contribution in [0, 0.1) is 13.8 Å². The lowest BCUT2D eigenvalue weighted by Crippen LogP contribution is -2.39. The largest absolute Gasteiger partial charge is 0.383 e. The molecule has 7 nitrogen and oxygen atoms in total. The Hall–Kier alpha value is -2.58. The minimum atomic E-state index is -3.57. The monoisotopic (exact) mass is 432 g/mol. The van der Waals surface area contributed by atoms with Crippen molar-refractivity contribution in [3.63, 3.8) is 0 Å². The quantitative estimate of drug-likeness (QED) is 0.672. The first kappa shape index (κ1) is 22.1. The van der Waals surface area contributed by atoms with Crippen molar-refractivity contribution in [2.45, 2.75) is 39.3 Å². The van der Waals surface area contributed by atoms with Crippen LogP contribution in [0.3, 0.4) is 0 Å². The van der Waals surface area contributed by atoms with Gasteiger partial charge < -0.3 is 19.1 Å². The Morgan fingerprint density at radius 2 is 1.90 bits per heavy atom. The number of amides is 2. The summed E-state index contributed by atoms with van der Waals surface area (Å²) in [4.78, 5) is 14.7. The molecule has 1 atom stereocenters. The molecule has 1 aliphatic rings. The molecular weight excluding hydrogens is 404 g/mol. The fourth-order valence-corrected chi connectivity index (χ4v) is 3.78. The number of aryl methyl sites for hydroxylation is 2. The molecule has 1 saturated heterocycles. The van der Waals surface area contributed by atoms with Crippen molar-refractivity contribution < 1.29 is 22.1 Å². The fourth-order valence-electron chi connectivity index (χ4n) is 3.32. The number of hydrogen-bond donors (Lipinski definition) is 1. The predicted molar refractivity (Wildman–Crippen MR) is 116 cm³/mol. The first-order chi connectivity index (χ1) is 14.2. The Labute approximate surface area is 178 Å². The van der Waals surface area contributed by atoms with Crippen molar-refractivity contribution in [3.05, 3.63) is 59.2 Å². The lowest BCUT2D eigenvalue weighted by Gasteiger charge is -2.26. The zero-order chi connectivity index (χ0) is 21.7. The van der Waals surface area contributed by atoms with Crippen LogP contribution >= 0.6 is 0 Å². The number of nitrogens with one attached hydrogen (secondary N) is 1. The van der Waals surface area contributed by atoms with Gasteiger partial charge in [0.1, 0.15) is 5.75 Å². The Morgan fingerprint density at radius 1 is 1.17 bits per heavy atom. The Bertz CT molecular complexity index is 983. The van der Waals surface area contributed by atoms with Gasteiger partial charge in [-0.05, 0) is 67.6 Å². The molecule has 1 N–H and O–H groups in total. The van der Waals surface area contributed by atoms with Gasteiger partial charge in [0.05, 0.1) is 12.4 Å². The lowest BCUT2D eigenvalue weighted by atomic mass is 10.1. The molecule has 3 rings (SSSR count). The number of hydrogen-bond acceptors (Lipinski definition) is 5. The summed E-state index contributed by atoms with van der Waals surface area (Å²) in [5.74, 6) is 0.242. The van der Waals surface area contributed by atoms with Crippen LogP contribution in [-0.2, 0) is 21.4 Å². The fraction of sp³-hybridized carbons (Fsp3) is 0.409. The number of rotatable bonds is 7. The minimum absolute atomic E-state index is 0.0170. The third kappa shape index (κ3) is 6.47. The molecule has 30 heavy (non-hydrogen) atoms. The maximum atomic E-state index is 13.0. The summed E-state index contributed by atoms with van der Waals surface area (Å²) in [6, 6.07) is 12.3. The van der Waals surface area contributed by atoms with E-state index < -0.39 is 10.1 Å². The molecule has 0 aromatic heterocycles. The maximum Gasteiger partial charge on any atom is 0.322 e. The number of anilines is 1. The molecule has 0 unspecified atom stereocenters. The summed E-state index contributed by atoms with van der Waals surface area (Å²) in [5.41, 5.74) is 3.89. The van der Waals surface area contributed by atoms with Crippen molar-refractivity contribution in [2.24, 2.45) is 0 Å². The molecule has 0 radical (unpaired) electrons. The number of nitrogens with zero attached hydrogens (tertiary/aromatic N) is 1. The van der Waals surface area contributed by atoms with Gasteiger partial charge in [0, 0.05) is 25.4 Å². The molecule has 0 saturated carbocycles. The highest BCUT2D eigenvalue weighted by Gasteiger charge is 2.23. The molecule has 1 fully saturated rings. The molecule has 0 bridgehead atoms. The van der Waals surface area contributed by atoms with Gasteiger partial charge in [0.2, 0.25) is 0 Å². The van der Waals surface area contributed by atoms with Crippen molar-refractivity contribution in [2.75, 3.05) is 24.7 Å². The van der Waals surface area contributed by atoms with E-state index in [2.05, 4.69) is 5.32 Å². The SMILES string of the molecule is Cc1ccc(NC(=O)N(Cc2ccc(OS(C)(=O)=O)cc2)C[C@H]2CCCO2)cc1C. The van der Waals surface area contributed by atoms with E-state index in [4.69, 9.17) is 8.92 Å². The first-order valence-electron chi connectivity index (χ1n) is 9.93. The zero-order valence-electron chi connectivity index (χ0n) is 17.6. The van der Waals surface area contributed by atoms with Crippen LogP contribution in [0.4, 0.5) is 10.5 Å². The highest BCUT2D eigenvalue weighted by atomic mass is 32.2. The summed E-state index contributed by atoms with van der Waals surface area (Å²) in [7, 11) is -3.57. The van der Waals surface area contributed by atoms with Crippen LogP contribution in [0.5, 0.6) is 5.75 Å². The Balaban J connectivity index is 1.72. The molecule has 8 heteroatoms. The van der Waals surface area contributed by atoms with E-state index in [0.29, 0.717) is 13.1 Å². The third-order valence-electron chi connectivity index (χ3n) is 5.04. The average Bonchev–Trinajstić information content (AvgIpc) is 3.18. The number of ether oxygens (including phenoxy) is 1. The second-order valence-electron chi connectivity index (χ2n) is 7.68. The topological polar surface area (TPSA) is 84.9 Å². The Kier molecular flexibility index (Phi) is 6.99. The van der Waals surface area contributed by atoms with Crippen LogP contribution in [0.15, 0.2) is 42.5 Å². The molecule has 0 spiro atoms. The van der Waals surface area contributed by atoms with Crippen LogP contribution in [0.25, 0.3) is 0 Å². The number of carbonyl (C=O) groups is 1. The van der Waals surface area contributed by atoms with E-state index in [-0.39, 0.29) is 17.9 Å². The van der Waals surface area contributed by atoms with E-state index >= 15 is 0 Å². The zero-order valence-corrected chi connectivity index (χ0v) is 18.4. The lowest BCUT2D eigenvalue weighted by molar-refractivity contribution is 0.0819. The summed E-state index contributed by atoms with van der Waals surface area (Å²) in [6.07, 6.45) is 2.94. The average molecular weight is 433 g/mol. The van der Waals surface area contributed by atoms with Crippen molar-refractivity contribution >= 4 is 21.8 Å². The second-order valence-corrected chi connectivity index (χ2v) is 9.25. The molecule has 0 aliphatic carbocycles. The first-order valence-corrected chi connectivity index (χ1v) is 11.7. The van der Waals surface area contributed by atoms with E-state index in [9.17, 15) is 13.2 Å².